The maximum absolute atomic E-state index is 12.0. The summed E-state index contributed by atoms with van der Waals surface area (Å²) >= 11 is 0. The molecule has 0 saturated heterocycles. The van der Waals surface area contributed by atoms with Crippen molar-refractivity contribution in [1.82, 2.24) is 5.32 Å². The maximum Gasteiger partial charge on any atom is 0.164 e. The van der Waals surface area contributed by atoms with Gasteiger partial charge in [-0.25, -0.2) is 0 Å². The highest BCUT2D eigenvalue weighted by Crippen LogP contribution is 2.26. The summed E-state index contributed by atoms with van der Waals surface area (Å²) in [5.41, 5.74) is 2.02. The van der Waals surface area contributed by atoms with E-state index in [-0.39, 0.29) is 11.3 Å². The third-order valence-electron chi connectivity index (χ3n) is 3.02. The van der Waals surface area contributed by atoms with E-state index in [9.17, 15) is 4.79 Å². The third-order valence-corrected chi connectivity index (χ3v) is 3.02. The van der Waals surface area contributed by atoms with E-state index in [0.717, 1.165) is 36.4 Å². The zero-order valence-corrected chi connectivity index (χ0v) is 11.4. The molecule has 0 atom stereocenters. The van der Waals surface area contributed by atoms with Gasteiger partial charge in [-0.15, -0.1) is 0 Å². The zero-order chi connectivity index (χ0) is 13.2. The van der Waals surface area contributed by atoms with Gasteiger partial charge in [-0.3, -0.25) is 4.79 Å². The number of hydrogen-bond donors (Lipinski definition) is 1. The number of nitrogens with one attached hydrogen (secondary N) is 1. The van der Waals surface area contributed by atoms with Crippen molar-refractivity contribution in [3.63, 3.8) is 0 Å². The van der Waals surface area contributed by atoms with Gasteiger partial charge >= 0.3 is 0 Å². The number of Topliss-reactive ketones (excluding diaryl/α,β-unsaturated/α-hetero) is 1. The van der Waals surface area contributed by atoms with E-state index < -0.39 is 0 Å². The van der Waals surface area contributed by atoms with Crippen molar-refractivity contribution < 1.29 is 9.53 Å². The minimum atomic E-state index is 0.0616. The van der Waals surface area contributed by atoms with Gasteiger partial charge in [-0.05, 0) is 44.5 Å². The van der Waals surface area contributed by atoms with Crippen molar-refractivity contribution in [3.8, 4) is 5.75 Å². The lowest BCUT2D eigenvalue weighted by atomic mass is 10.0. The molecule has 3 heteroatoms. The highest BCUT2D eigenvalue weighted by Gasteiger charge is 2.15. The van der Waals surface area contributed by atoms with Gasteiger partial charge in [0.15, 0.2) is 5.78 Å². The van der Waals surface area contributed by atoms with E-state index in [4.69, 9.17) is 4.74 Å². The zero-order valence-electron chi connectivity index (χ0n) is 11.4. The first-order valence-corrected chi connectivity index (χ1v) is 6.50. The lowest BCUT2D eigenvalue weighted by Gasteiger charge is -2.20. The summed E-state index contributed by atoms with van der Waals surface area (Å²) in [6, 6.07) is 5.75. The summed E-state index contributed by atoms with van der Waals surface area (Å²) in [6.45, 7) is 7.76. The Hall–Kier alpha value is -1.35. The molecule has 0 radical (unpaired) electrons. The van der Waals surface area contributed by atoms with Crippen LogP contribution in [0.2, 0.25) is 0 Å². The SMILES string of the molecule is CC(C)(C)NCCC(=O)c1ccc2c(c1)CCO2. The van der Waals surface area contributed by atoms with Crippen LogP contribution >= 0.6 is 0 Å². The van der Waals surface area contributed by atoms with E-state index >= 15 is 0 Å². The summed E-state index contributed by atoms with van der Waals surface area (Å²) in [6.07, 6.45) is 1.45. The van der Waals surface area contributed by atoms with Crippen LogP contribution in [0.3, 0.4) is 0 Å². The van der Waals surface area contributed by atoms with Crippen LogP contribution in [0.15, 0.2) is 18.2 Å². The fraction of sp³-hybridized carbons (Fsp3) is 0.533. The second-order valence-electron chi connectivity index (χ2n) is 5.77. The van der Waals surface area contributed by atoms with Crippen LogP contribution in [0.5, 0.6) is 5.75 Å². The molecule has 0 aliphatic carbocycles. The highest BCUT2D eigenvalue weighted by atomic mass is 16.5. The standard InChI is InChI=1S/C15H21NO2/c1-15(2,3)16-8-6-13(17)11-4-5-14-12(10-11)7-9-18-14/h4-5,10,16H,6-9H2,1-3H3. The van der Waals surface area contributed by atoms with Gasteiger partial charge < -0.3 is 10.1 Å². The van der Waals surface area contributed by atoms with Gasteiger partial charge in [0.05, 0.1) is 6.61 Å². The Kier molecular flexibility index (Phi) is 3.71. The quantitative estimate of drug-likeness (QED) is 0.831. The molecule has 1 aromatic rings. The molecule has 0 bridgehead atoms. The molecule has 0 spiro atoms. The first kappa shape index (κ1) is 13.1. The third kappa shape index (κ3) is 3.33. The van der Waals surface area contributed by atoms with Crippen molar-refractivity contribution in [2.75, 3.05) is 13.2 Å². The Morgan fingerprint density at radius 1 is 1.39 bits per heavy atom. The average Bonchev–Trinajstić information content (AvgIpc) is 2.73. The Bertz CT molecular complexity index is 446. The van der Waals surface area contributed by atoms with Gasteiger partial charge in [0.1, 0.15) is 5.75 Å². The topological polar surface area (TPSA) is 38.3 Å². The molecular formula is C15H21NO2. The number of carbonyl (C=O) groups excluding carboxylic acids is 1. The van der Waals surface area contributed by atoms with Gasteiger partial charge in [0.2, 0.25) is 0 Å². The summed E-state index contributed by atoms with van der Waals surface area (Å²) < 4.78 is 5.44. The van der Waals surface area contributed by atoms with Crippen LogP contribution < -0.4 is 10.1 Å². The number of rotatable bonds is 4. The molecule has 2 rings (SSSR count). The van der Waals surface area contributed by atoms with Crippen molar-refractivity contribution in [2.24, 2.45) is 0 Å². The molecule has 0 fully saturated rings. The van der Waals surface area contributed by atoms with Crippen LogP contribution in [0.4, 0.5) is 0 Å². The van der Waals surface area contributed by atoms with Crippen LogP contribution in [-0.2, 0) is 6.42 Å². The average molecular weight is 247 g/mol. The number of fused-ring (bicyclic) bond motifs is 1. The van der Waals surface area contributed by atoms with Crippen molar-refractivity contribution in [1.29, 1.82) is 0 Å². The number of hydrogen-bond acceptors (Lipinski definition) is 3. The Labute approximate surface area is 109 Å². The Morgan fingerprint density at radius 3 is 2.89 bits per heavy atom. The smallest absolute Gasteiger partial charge is 0.164 e. The molecule has 0 unspecified atom stereocenters. The van der Waals surface area contributed by atoms with Crippen molar-refractivity contribution in [3.05, 3.63) is 29.3 Å². The van der Waals surface area contributed by atoms with E-state index in [1.54, 1.807) is 0 Å². The Morgan fingerprint density at radius 2 is 2.17 bits per heavy atom. The predicted octanol–water partition coefficient (Wildman–Crippen LogP) is 2.58. The van der Waals surface area contributed by atoms with Crippen LogP contribution in [0, 0.1) is 0 Å². The number of benzene rings is 1. The van der Waals surface area contributed by atoms with Gasteiger partial charge in [-0.1, -0.05) is 0 Å². The second kappa shape index (κ2) is 5.11. The fourth-order valence-electron chi connectivity index (χ4n) is 2.06. The normalized spacial score (nSPS) is 14.2. The van der Waals surface area contributed by atoms with E-state index in [1.165, 1.54) is 0 Å². The summed E-state index contributed by atoms with van der Waals surface area (Å²) in [5, 5.41) is 3.33. The number of ether oxygens (including phenoxy) is 1. The molecule has 0 aromatic heterocycles. The maximum atomic E-state index is 12.0. The monoisotopic (exact) mass is 247 g/mol. The van der Waals surface area contributed by atoms with Crippen molar-refractivity contribution in [2.45, 2.75) is 39.2 Å². The second-order valence-corrected chi connectivity index (χ2v) is 5.77. The van der Waals surface area contributed by atoms with Gasteiger partial charge in [0.25, 0.3) is 0 Å². The molecule has 3 nitrogen and oxygen atoms in total. The summed E-state index contributed by atoms with van der Waals surface area (Å²) in [4.78, 5) is 12.0. The van der Waals surface area contributed by atoms with Crippen molar-refractivity contribution >= 4 is 5.78 Å². The lowest BCUT2D eigenvalue weighted by molar-refractivity contribution is 0.0980. The minimum Gasteiger partial charge on any atom is -0.493 e. The highest BCUT2D eigenvalue weighted by molar-refractivity contribution is 5.96. The van der Waals surface area contributed by atoms with E-state index in [2.05, 4.69) is 26.1 Å². The number of ketones is 1. The molecule has 1 N–H and O–H groups in total. The number of carbonyl (C=O) groups is 1. The molecule has 18 heavy (non-hydrogen) atoms. The van der Waals surface area contributed by atoms with E-state index in [1.807, 2.05) is 18.2 Å². The first-order valence-electron chi connectivity index (χ1n) is 6.50. The lowest BCUT2D eigenvalue weighted by Crippen LogP contribution is -2.37. The van der Waals surface area contributed by atoms with Crippen LogP contribution in [0.1, 0.15) is 43.1 Å². The molecule has 1 aliphatic heterocycles. The fourth-order valence-corrected chi connectivity index (χ4v) is 2.06. The molecule has 1 heterocycles. The molecule has 0 amide bonds. The van der Waals surface area contributed by atoms with Gasteiger partial charge in [-0.2, -0.15) is 0 Å². The molecule has 1 aromatic carbocycles. The predicted molar refractivity (Wildman–Crippen MR) is 72.3 cm³/mol. The molecule has 98 valence electrons. The van der Waals surface area contributed by atoms with Crippen LogP contribution in [-0.4, -0.2) is 24.5 Å². The first-order chi connectivity index (χ1) is 8.46. The summed E-state index contributed by atoms with van der Waals surface area (Å²) in [7, 11) is 0. The summed E-state index contributed by atoms with van der Waals surface area (Å²) in [5.74, 6) is 1.13. The van der Waals surface area contributed by atoms with E-state index in [0.29, 0.717) is 6.42 Å². The van der Waals surface area contributed by atoms with Gasteiger partial charge in [0, 0.05) is 30.5 Å². The molecular weight excluding hydrogens is 226 g/mol. The Balaban J connectivity index is 1.93. The molecule has 1 aliphatic rings. The minimum absolute atomic E-state index is 0.0616. The van der Waals surface area contributed by atoms with Crippen LogP contribution in [0.25, 0.3) is 0 Å². The molecule has 0 saturated carbocycles. The largest absolute Gasteiger partial charge is 0.493 e.